The molecule has 1 heterocycles. The Hall–Kier alpha value is -3.16. The second-order valence-corrected chi connectivity index (χ2v) is 6.68. The zero-order valence-electron chi connectivity index (χ0n) is 16.2. The van der Waals surface area contributed by atoms with Gasteiger partial charge in [0, 0.05) is 31.1 Å². The first-order valence-electron chi connectivity index (χ1n) is 9.17. The number of ether oxygens (including phenoxy) is 2. The monoisotopic (exact) mass is 404 g/mol. The van der Waals surface area contributed by atoms with Crippen LogP contribution in [0.2, 0.25) is 0 Å². The average molecular weight is 404 g/mol. The molecule has 0 saturated carbocycles. The van der Waals surface area contributed by atoms with Crippen molar-refractivity contribution in [3.05, 3.63) is 53.6 Å². The van der Waals surface area contributed by atoms with E-state index < -0.39 is 17.6 Å². The number of carbonyl (C=O) groups excluding carboxylic acids is 2. The first-order chi connectivity index (χ1) is 13.9. The fraction of sp³-hybridized carbons (Fsp3) is 0.333. The van der Waals surface area contributed by atoms with Crippen molar-refractivity contribution < 1.29 is 27.8 Å². The number of hydrogen-bond donors (Lipinski definition) is 1. The van der Waals surface area contributed by atoms with Crippen molar-refractivity contribution in [3.8, 4) is 11.5 Å². The fourth-order valence-electron chi connectivity index (χ4n) is 3.35. The molecule has 1 fully saturated rings. The maximum absolute atomic E-state index is 13.7. The van der Waals surface area contributed by atoms with E-state index >= 15 is 0 Å². The third-order valence-electron chi connectivity index (χ3n) is 4.91. The lowest BCUT2D eigenvalue weighted by Gasteiger charge is -2.20. The molecule has 6 nitrogen and oxygen atoms in total. The molecule has 1 aliphatic rings. The molecule has 2 aromatic rings. The summed E-state index contributed by atoms with van der Waals surface area (Å²) in [7, 11) is 3.02. The Morgan fingerprint density at radius 2 is 1.90 bits per heavy atom. The number of benzene rings is 2. The van der Waals surface area contributed by atoms with Crippen LogP contribution in [0.25, 0.3) is 0 Å². The number of halogens is 2. The molecular weight excluding hydrogens is 382 g/mol. The summed E-state index contributed by atoms with van der Waals surface area (Å²) in [5.74, 6) is -1.35. The molecule has 3 rings (SSSR count). The Bertz CT molecular complexity index is 899. The van der Waals surface area contributed by atoms with Gasteiger partial charge in [-0.3, -0.25) is 9.59 Å². The van der Waals surface area contributed by atoms with Gasteiger partial charge in [0.15, 0.2) is 0 Å². The van der Waals surface area contributed by atoms with Crippen LogP contribution in [0.1, 0.15) is 12.0 Å². The average Bonchev–Trinajstić information content (AvgIpc) is 3.11. The van der Waals surface area contributed by atoms with E-state index in [2.05, 4.69) is 5.32 Å². The van der Waals surface area contributed by atoms with E-state index in [0.717, 1.165) is 0 Å². The topological polar surface area (TPSA) is 67.9 Å². The number of nitrogens with zero attached hydrogens (tertiary/aromatic N) is 1. The maximum Gasteiger partial charge on any atom is 0.227 e. The predicted octanol–water partition coefficient (Wildman–Crippen LogP) is 2.69. The first-order valence-corrected chi connectivity index (χ1v) is 9.17. The molecule has 154 valence electrons. The Morgan fingerprint density at radius 3 is 2.55 bits per heavy atom. The van der Waals surface area contributed by atoms with Gasteiger partial charge in [-0.1, -0.05) is 6.07 Å². The van der Waals surface area contributed by atoms with E-state index in [-0.39, 0.29) is 43.3 Å². The van der Waals surface area contributed by atoms with Crippen LogP contribution in [0.3, 0.4) is 0 Å². The van der Waals surface area contributed by atoms with Gasteiger partial charge in [-0.2, -0.15) is 0 Å². The summed E-state index contributed by atoms with van der Waals surface area (Å²) in [5.41, 5.74) is 0.457. The fourth-order valence-corrected chi connectivity index (χ4v) is 3.35. The van der Waals surface area contributed by atoms with Crippen LogP contribution >= 0.6 is 0 Å². The van der Waals surface area contributed by atoms with Crippen molar-refractivity contribution in [2.45, 2.75) is 12.8 Å². The lowest BCUT2D eigenvalue weighted by molar-refractivity contribution is -0.126. The zero-order valence-corrected chi connectivity index (χ0v) is 16.2. The van der Waals surface area contributed by atoms with Gasteiger partial charge < -0.3 is 19.7 Å². The van der Waals surface area contributed by atoms with Gasteiger partial charge in [0.1, 0.15) is 23.1 Å². The molecule has 1 unspecified atom stereocenters. The number of nitrogens with one attached hydrogen (secondary N) is 1. The third-order valence-corrected chi connectivity index (χ3v) is 4.91. The summed E-state index contributed by atoms with van der Waals surface area (Å²) in [6.07, 6.45) is 0.0680. The quantitative estimate of drug-likeness (QED) is 0.771. The van der Waals surface area contributed by atoms with Crippen LogP contribution in [0, 0.1) is 17.6 Å². The summed E-state index contributed by atoms with van der Waals surface area (Å²) >= 11 is 0. The zero-order chi connectivity index (χ0) is 21.0. The van der Waals surface area contributed by atoms with Crippen LogP contribution in [-0.4, -0.2) is 39.1 Å². The Balaban J connectivity index is 1.63. The molecule has 29 heavy (non-hydrogen) atoms. The number of methoxy groups -OCH3 is 2. The molecule has 1 N–H and O–H groups in total. The normalized spacial score (nSPS) is 16.1. The smallest absolute Gasteiger partial charge is 0.227 e. The van der Waals surface area contributed by atoms with E-state index in [4.69, 9.17) is 9.47 Å². The molecule has 8 heteroatoms. The highest BCUT2D eigenvalue weighted by Gasteiger charge is 2.36. The molecule has 0 aromatic heterocycles. The molecule has 1 saturated heterocycles. The predicted molar refractivity (Wildman–Crippen MR) is 103 cm³/mol. The van der Waals surface area contributed by atoms with Gasteiger partial charge >= 0.3 is 0 Å². The van der Waals surface area contributed by atoms with Crippen molar-refractivity contribution in [3.63, 3.8) is 0 Å². The third kappa shape index (κ3) is 4.47. The van der Waals surface area contributed by atoms with Crippen molar-refractivity contribution in [2.75, 3.05) is 32.2 Å². The number of carbonyl (C=O) groups is 2. The minimum Gasteiger partial charge on any atom is -0.497 e. The van der Waals surface area contributed by atoms with Crippen LogP contribution in [0.4, 0.5) is 14.5 Å². The van der Waals surface area contributed by atoms with Gasteiger partial charge in [0.25, 0.3) is 0 Å². The molecule has 0 bridgehead atoms. The number of rotatable bonds is 7. The van der Waals surface area contributed by atoms with Gasteiger partial charge in [-0.05, 0) is 30.7 Å². The van der Waals surface area contributed by atoms with Crippen molar-refractivity contribution in [1.29, 1.82) is 0 Å². The largest absolute Gasteiger partial charge is 0.497 e. The molecule has 2 aromatic carbocycles. The molecule has 1 atom stereocenters. The Kier molecular flexibility index (Phi) is 6.31. The molecule has 1 aliphatic heterocycles. The Morgan fingerprint density at radius 1 is 1.17 bits per heavy atom. The molecular formula is C21H22F2N2O4. The SMILES string of the molecule is COc1ccc(OC)c(N2CC(C(=O)NCCc3c(F)cccc3F)CC2=O)c1. The van der Waals surface area contributed by atoms with E-state index in [1.54, 1.807) is 18.2 Å². The Labute approximate surface area is 167 Å². The van der Waals surface area contributed by atoms with Gasteiger partial charge in [-0.15, -0.1) is 0 Å². The lowest BCUT2D eigenvalue weighted by atomic mass is 10.1. The highest BCUT2D eigenvalue weighted by Crippen LogP contribution is 2.36. The summed E-state index contributed by atoms with van der Waals surface area (Å²) in [6.45, 7) is 0.256. The molecule has 0 radical (unpaired) electrons. The number of anilines is 1. The lowest BCUT2D eigenvalue weighted by Crippen LogP contribution is -2.34. The first kappa shape index (κ1) is 20.6. The van der Waals surface area contributed by atoms with Gasteiger partial charge in [-0.25, -0.2) is 8.78 Å². The van der Waals surface area contributed by atoms with E-state index in [9.17, 15) is 18.4 Å². The van der Waals surface area contributed by atoms with Crippen LogP contribution in [-0.2, 0) is 16.0 Å². The minimum absolute atomic E-state index is 0.0261. The van der Waals surface area contributed by atoms with Gasteiger partial charge in [0.2, 0.25) is 11.8 Å². The van der Waals surface area contributed by atoms with Crippen LogP contribution < -0.4 is 19.7 Å². The highest BCUT2D eigenvalue weighted by atomic mass is 19.1. The van der Waals surface area contributed by atoms with E-state index in [0.29, 0.717) is 17.2 Å². The molecule has 0 spiro atoms. The van der Waals surface area contributed by atoms with Crippen molar-refractivity contribution in [2.24, 2.45) is 5.92 Å². The van der Waals surface area contributed by atoms with Gasteiger partial charge in [0.05, 0.1) is 25.8 Å². The van der Waals surface area contributed by atoms with Crippen LogP contribution in [0.15, 0.2) is 36.4 Å². The maximum atomic E-state index is 13.7. The summed E-state index contributed by atoms with van der Waals surface area (Å²) < 4.78 is 37.9. The summed E-state index contributed by atoms with van der Waals surface area (Å²) in [6, 6.07) is 8.73. The van der Waals surface area contributed by atoms with Crippen LogP contribution in [0.5, 0.6) is 11.5 Å². The van der Waals surface area contributed by atoms with Crippen molar-refractivity contribution >= 4 is 17.5 Å². The summed E-state index contributed by atoms with van der Waals surface area (Å²) in [5, 5.41) is 2.66. The minimum atomic E-state index is -0.647. The van der Waals surface area contributed by atoms with E-state index in [1.165, 1.54) is 37.3 Å². The van der Waals surface area contributed by atoms with Crippen molar-refractivity contribution in [1.82, 2.24) is 5.32 Å². The second-order valence-electron chi connectivity index (χ2n) is 6.68. The summed E-state index contributed by atoms with van der Waals surface area (Å²) in [4.78, 5) is 26.5. The standard InChI is InChI=1S/C21H22F2N2O4/c1-28-14-6-7-19(29-2)18(11-14)25-12-13(10-20(25)26)21(27)24-9-8-15-16(22)4-3-5-17(15)23/h3-7,11,13H,8-10,12H2,1-2H3,(H,24,27). The van der Waals surface area contributed by atoms with E-state index in [1.807, 2.05) is 0 Å². The second kappa shape index (κ2) is 8.89. The molecule has 2 amide bonds. The highest BCUT2D eigenvalue weighted by molar-refractivity contribution is 6.01. The molecule has 0 aliphatic carbocycles. The number of amides is 2. The number of hydrogen-bond acceptors (Lipinski definition) is 4.